The number of para-hydroxylation sites is 1. The smallest absolute Gasteiger partial charge is 0.181 e. The van der Waals surface area contributed by atoms with E-state index < -0.39 is 9.84 Å². The van der Waals surface area contributed by atoms with Crippen LogP contribution in [0.3, 0.4) is 0 Å². The van der Waals surface area contributed by atoms with Gasteiger partial charge in [0.15, 0.2) is 9.84 Å². The average molecular weight is 321 g/mol. The van der Waals surface area contributed by atoms with E-state index in [1.807, 2.05) is 18.2 Å². The van der Waals surface area contributed by atoms with Crippen molar-refractivity contribution in [2.24, 2.45) is 5.73 Å². The van der Waals surface area contributed by atoms with Crippen LogP contribution in [0.2, 0.25) is 0 Å². The molecule has 0 spiro atoms. The van der Waals surface area contributed by atoms with Gasteiger partial charge in [0.05, 0.1) is 10.6 Å². The van der Waals surface area contributed by atoms with E-state index in [0.29, 0.717) is 11.3 Å². The molecule has 0 bridgehead atoms. The Morgan fingerprint density at radius 2 is 1.67 bits per heavy atom. The first-order chi connectivity index (χ1) is 9.99. The van der Waals surface area contributed by atoms with Gasteiger partial charge < -0.3 is 10.5 Å². The van der Waals surface area contributed by atoms with Gasteiger partial charge in [0.25, 0.3) is 0 Å². The van der Waals surface area contributed by atoms with E-state index in [4.69, 9.17) is 22.7 Å². The van der Waals surface area contributed by atoms with Crippen molar-refractivity contribution < 1.29 is 13.2 Å². The highest BCUT2D eigenvalue weighted by Gasteiger charge is 2.14. The maximum absolute atomic E-state index is 12.2. The van der Waals surface area contributed by atoms with Gasteiger partial charge in [0, 0.05) is 5.56 Å². The van der Waals surface area contributed by atoms with Crippen LogP contribution >= 0.6 is 12.2 Å². The molecular formula is C15H15NO3S2. The number of rotatable bonds is 6. The molecule has 2 rings (SSSR count). The van der Waals surface area contributed by atoms with E-state index in [0.717, 1.165) is 0 Å². The summed E-state index contributed by atoms with van der Waals surface area (Å²) in [4.78, 5) is 0.477. The lowest BCUT2D eigenvalue weighted by Crippen LogP contribution is -2.15. The standard InChI is InChI=1S/C15H15NO3S2/c16-15(20)12-6-8-14(9-7-12)21(17,18)11-10-19-13-4-2-1-3-5-13/h1-9H,10-11H2,(H2,16,20). The summed E-state index contributed by atoms with van der Waals surface area (Å²) in [7, 11) is -3.38. The molecule has 0 aliphatic rings. The molecule has 0 saturated carbocycles. The van der Waals surface area contributed by atoms with E-state index in [-0.39, 0.29) is 22.2 Å². The zero-order chi connectivity index (χ0) is 15.3. The van der Waals surface area contributed by atoms with Crippen molar-refractivity contribution in [3.05, 3.63) is 60.2 Å². The van der Waals surface area contributed by atoms with Crippen LogP contribution in [0.5, 0.6) is 5.75 Å². The molecule has 0 atom stereocenters. The fraction of sp³-hybridized carbons (Fsp3) is 0.133. The van der Waals surface area contributed by atoms with Crippen molar-refractivity contribution in [3.8, 4) is 5.75 Å². The van der Waals surface area contributed by atoms with Gasteiger partial charge >= 0.3 is 0 Å². The van der Waals surface area contributed by atoms with Crippen LogP contribution in [0.15, 0.2) is 59.5 Å². The van der Waals surface area contributed by atoms with Gasteiger partial charge in [0.1, 0.15) is 17.3 Å². The van der Waals surface area contributed by atoms with Gasteiger partial charge in [0.2, 0.25) is 0 Å². The highest BCUT2D eigenvalue weighted by molar-refractivity contribution is 7.91. The minimum atomic E-state index is -3.38. The lowest BCUT2D eigenvalue weighted by atomic mass is 10.2. The molecular weight excluding hydrogens is 306 g/mol. The molecule has 0 aliphatic carbocycles. The first-order valence-electron chi connectivity index (χ1n) is 6.29. The van der Waals surface area contributed by atoms with Crippen LogP contribution in [0.25, 0.3) is 0 Å². The summed E-state index contributed by atoms with van der Waals surface area (Å²) in [5.74, 6) is 0.561. The number of benzene rings is 2. The quantitative estimate of drug-likeness (QED) is 0.826. The fourth-order valence-corrected chi connectivity index (χ4v) is 2.96. The van der Waals surface area contributed by atoms with Crippen LogP contribution in [-0.4, -0.2) is 25.8 Å². The molecule has 2 aromatic carbocycles. The monoisotopic (exact) mass is 321 g/mol. The molecule has 0 heterocycles. The maximum Gasteiger partial charge on any atom is 0.181 e. The Morgan fingerprint density at radius 1 is 1.05 bits per heavy atom. The summed E-state index contributed by atoms with van der Waals surface area (Å²) in [5, 5.41) is 0. The Labute approximate surface area is 129 Å². The van der Waals surface area contributed by atoms with Gasteiger partial charge in [-0.05, 0) is 24.3 Å². The van der Waals surface area contributed by atoms with Crippen LogP contribution in [0, 0.1) is 0 Å². The topological polar surface area (TPSA) is 69.4 Å². The predicted molar refractivity (Wildman–Crippen MR) is 86.3 cm³/mol. The average Bonchev–Trinajstić information content (AvgIpc) is 2.48. The van der Waals surface area contributed by atoms with E-state index >= 15 is 0 Å². The lowest BCUT2D eigenvalue weighted by Gasteiger charge is -2.07. The van der Waals surface area contributed by atoms with Crippen molar-refractivity contribution >= 4 is 27.0 Å². The molecule has 0 aromatic heterocycles. The van der Waals surface area contributed by atoms with E-state index in [1.54, 1.807) is 24.3 Å². The third-order valence-electron chi connectivity index (χ3n) is 2.86. The van der Waals surface area contributed by atoms with Gasteiger partial charge in [-0.2, -0.15) is 0 Å². The number of thiocarbonyl (C=S) groups is 1. The zero-order valence-electron chi connectivity index (χ0n) is 11.2. The first-order valence-corrected chi connectivity index (χ1v) is 8.35. The highest BCUT2D eigenvalue weighted by atomic mass is 32.2. The lowest BCUT2D eigenvalue weighted by molar-refractivity contribution is 0.341. The number of nitrogens with two attached hydrogens (primary N) is 1. The number of hydrogen-bond donors (Lipinski definition) is 1. The Morgan fingerprint density at radius 3 is 2.24 bits per heavy atom. The highest BCUT2D eigenvalue weighted by Crippen LogP contribution is 2.14. The van der Waals surface area contributed by atoms with Gasteiger partial charge in [-0.1, -0.05) is 42.5 Å². The van der Waals surface area contributed by atoms with Crippen molar-refractivity contribution in [1.82, 2.24) is 0 Å². The minimum absolute atomic E-state index is 0.0890. The molecule has 21 heavy (non-hydrogen) atoms. The normalized spacial score (nSPS) is 11.0. The second-order valence-corrected chi connectivity index (χ2v) is 6.92. The SMILES string of the molecule is NC(=S)c1ccc(S(=O)(=O)CCOc2ccccc2)cc1. The third-order valence-corrected chi connectivity index (χ3v) is 4.79. The molecule has 0 saturated heterocycles. The Kier molecular flexibility index (Phi) is 4.93. The molecule has 0 aliphatic heterocycles. The van der Waals surface area contributed by atoms with Crippen LogP contribution in [0.4, 0.5) is 0 Å². The molecule has 4 nitrogen and oxygen atoms in total. The van der Waals surface area contributed by atoms with Crippen molar-refractivity contribution in [2.75, 3.05) is 12.4 Å². The Bertz CT molecular complexity index is 710. The molecule has 110 valence electrons. The molecule has 6 heteroatoms. The van der Waals surface area contributed by atoms with Crippen molar-refractivity contribution in [1.29, 1.82) is 0 Å². The molecule has 2 N–H and O–H groups in total. The zero-order valence-corrected chi connectivity index (χ0v) is 12.9. The van der Waals surface area contributed by atoms with E-state index in [9.17, 15) is 8.42 Å². The summed E-state index contributed by atoms with van der Waals surface area (Å²) < 4.78 is 29.7. The minimum Gasteiger partial charge on any atom is -0.493 e. The molecule has 0 fully saturated rings. The Balaban J connectivity index is 2.00. The third kappa shape index (κ3) is 4.27. The summed E-state index contributed by atoms with van der Waals surface area (Å²) in [6, 6.07) is 15.3. The Hall–Kier alpha value is -1.92. The summed E-state index contributed by atoms with van der Waals surface area (Å²) >= 11 is 4.83. The van der Waals surface area contributed by atoms with Crippen molar-refractivity contribution in [2.45, 2.75) is 4.90 Å². The predicted octanol–water partition coefficient (Wildman–Crippen LogP) is 2.17. The molecule has 2 aromatic rings. The summed E-state index contributed by atoms with van der Waals surface area (Å²) in [6.07, 6.45) is 0. The second-order valence-electron chi connectivity index (χ2n) is 4.37. The number of sulfone groups is 1. The summed E-state index contributed by atoms with van der Waals surface area (Å²) in [6.45, 7) is 0.101. The summed E-state index contributed by atoms with van der Waals surface area (Å²) in [5.41, 5.74) is 6.12. The van der Waals surface area contributed by atoms with Gasteiger partial charge in [-0.15, -0.1) is 0 Å². The number of ether oxygens (including phenoxy) is 1. The van der Waals surface area contributed by atoms with Crippen molar-refractivity contribution in [3.63, 3.8) is 0 Å². The molecule has 0 amide bonds. The second kappa shape index (κ2) is 6.69. The van der Waals surface area contributed by atoms with Gasteiger partial charge in [-0.3, -0.25) is 0 Å². The molecule has 0 unspecified atom stereocenters. The fourth-order valence-electron chi connectivity index (χ4n) is 1.73. The maximum atomic E-state index is 12.2. The largest absolute Gasteiger partial charge is 0.493 e. The van der Waals surface area contributed by atoms with Crippen LogP contribution < -0.4 is 10.5 Å². The van der Waals surface area contributed by atoms with E-state index in [2.05, 4.69) is 0 Å². The van der Waals surface area contributed by atoms with Crippen LogP contribution in [-0.2, 0) is 9.84 Å². The molecule has 0 radical (unpaired) electrons. The van der Waals surface area contributed by atoms with E-state index in [1.165, 1.54) is 12.1 Å². The van der Waals surface area contributed by atoms with Crippen LogP contribution in [0.1, 0.15) is 5.56 Å². The van der Waals surface area contributed by atoms with Gasteiger partial charge in [-0.25, -0.2) is 8.42 Å². The first kappa shape index (κ1) is 15.5. The number of hydrogen-bond acceptors (Lipinski definition) is 4.